The molecule has 1 heterocycles. The van der Waals surface area contributed by atoms with Crippen molar-refractivity contribution >= 4 is 35.6 Å². The Morgan fingerprint density at radius 3 is 2.54 bits per heavy atom. The van der Waals surface area contributed by atoms with Crippen LogP contribution in [-0.2, 0) is 5.60 Å². The molecule has 0 bridgehead atoms. The van der Waals surface area contributed by atoms with Crippen molar-refractivity contribution < 1.29 is 14.3 Å². The largest absolute Gasteiger partial charge is 0.491 e. The first kappa shape index (κ1) is 20.3. The van der Waals surface area contributed by atoms with Gasteiger partial charge in [-0.1, -0.05) is 0 Å². The number of furan rings is 1. The van der Waals surface area contributed by atoms with Crippen molar-refractivity contribution in [3.63, 3.8) is 0 Å². The third kappa shape index (κ3) is 6.04. The number of aliphatic imine (C=N–C) groups is 1. The standard InChI is InChI=1S/C17H23N3O3.HI/c1-12(2)23-14-8-6-13(7-9-14)20-16(18)19-11-17(3,21)15-5-4-10-22-15;/h4-10,12,21H,11H2,1-3H3,(H3,18,19,20);1H. The number of benzene rings is 1. The van der Waals surface area contributed by atoms with Crippen LogP contribution < -0.4 is 15.8 Å². The number of aliphatic hydroxyl groups is 1. The molecule has 0 spiro atoms. The molecule has 4 N–H and O–H groups in total. The van der Waals surface area contributed by atoms with Gasteiger partial charge in [-0.15, -0.1) is 24.0 Å². The summed E-state index contributed by atoms with van der Waals surface area (Å²) < 4.78 is 10.8. The normalized spacial score (nSPS) is 14.0. The summed E-state index contributed by atoms with van der Waals surface area (Å²) in [4.78, 5) is 4.16. The Labute approximate surface area is 159 Å². The summed E-state index contributed by atoms with van der Waals surface area (Å²) in [5.74, 6) is 1.46. The number of hydrogen-bond acceptors (Lipinski definition) is 4. The highest BCUT2D eigenvalue weighted by Gasteiger charge is 2.25. The summed E-state index contributed by atoms with van der Waals surface area (Å²) in [6, 6.07) is 10.8. The summed E-state index contributed by atoms with van der Waals surface area (Å²) in [6.45, 7) is 5.66. The molecule has 0 aliphatic carbocycles. The molecule has 2 aromatic rings. The summed E-state index contributed by atoms with van der Waals surface area (Å²) in [7, 11) is 0. The maximum absolute atomic E-state index is 10.3. The third-order valence-corrected chi connectivity index (χ3v) is 3.11. The van der Waals surface area contributed by atoms with Gasteiger partial charge in [0.25, 0.3) is 0 Å². The minimum absolute atomic E-state index is 0. The van der Waals surface area contributed by atoms with Crippen LogP contribution in [0.5, 0.6) is 5.75 Å². The van der Waals surface area contributed by atoms with Crippen LogP contribution in [0.1, 0.15) is 26.5 Å². The second kappa shape index (κ2) is 8.93. The van der Waals surface area contributed by atoms with Crippen molar-refractivity contribution in [3.8, 4) is 5.75 Å². The number of ether oxygens (including phenoxy) is 1. The van der Waals surface area contributed by atoms with E-state index >= 15 is 0 Å². The van der Waals surface area contributed by atoms with Crippen LogP contribution in [0.2, 0.25) is 0 Å². The second-order valence-corrected chi connectivity index (χ2v) is 5.77. The van der Waals surface area contributed by atoms with Crippen molar-refractivity contribution in [2.45, 2.75) is 32.5 Å². The van der Waals surface area contributed by atoms with E-state index in [1.807, 2.05) is 38.1 Å². The van der Waals surface area contributed by atoms with Gasteiger partial charge in [0, 0.05) is 5.69 Å². The molecule has 1 aromatic carbocycles. The fourth-order valence-corrected chi connectivity index (χ4v) is 1.98. The van der Waals surface area contributed by atoms with Crippen LogP contribution in [0, 0.1) is 0 Å². The molecule has 0 saturated carbocycles. The van der Waals surface area contributed by atoms with Gasteiger partial charge in [-0.3, -0.25) is 0 Å². The van der Waals surface area contributed by atoms with Gasteiger partial charge in [0.15, 0.2) is 5.96 Å². The molecule has 0 fully saturated rings. The molecule has 132 valence electrons. The lowest BCUT2D eigenvalue weighted by atomic mass is 10.0. The van der Waals surface area contributed by atoms with E-state index in [-0.39, 0.29) is 42.6 Å². The molecule has 0 radical (unpaired) electrons. The van der Waals surface area contributed by atoms with Crippen LogP contribution in [0.3, 0.4) is 0 Å². The number of anilines is 1. The van der Waals surface area contributed by atoms with Crippen LogP contribution in [-0.4, -0.2) is 23.7 Å². The maximum atomic E-state index is 10.3. The molecule has 24 heavy (non-hydrogen) atoms. The smallest absolute Gasteiger partial charge is 0.193 e. The lowest BCUT2D eigenvalue weighted by molar-refractivity contribution is 0.0438. The van der Waals surface area contributed by atoms with Gasteiger partial charge < -0.3 is 25.3 Å². The zero-order chi connectivity index (χ0) is 16.9. The summed E-state index contributed by atoms with van der Waals surface area (Å²) >= 11 is 0. The molecular formula is C17H24IN3O3. The second-order valence-electron chi connectivity index (χ2n) is 5.77. The minimum Gasteiger partial charge on any atom is -0.491 e. The van der Waals surface area contributed by atoms with Crippen molar-refractivity contribution in [2.24, 2.45) is 10.7 Å². The number of hydrogen-bond donors (Lipinski definition) is 3. The van der Waals surface area contributed by atoms with E-state index in [2.05, 4.69) is 10.3 Å². The number of halogens is 1. The maximum Gasteiger partial charge on any atom is 0.193 e. The van der Waals surface area contributed by atoms with Gasteiger partial charge in [-0.05, 0) is 57.2 Å². The Hall–Kier alpha value is -1.74. The summed E-state index contributed by atoms with van der Waals surface area (Å²) in [6.07, 6.45) is 1.64. The highest BCUT2D eigenvalue weighted by Crippen LogP contribution is 2.21. The number of rotatable bonds is 6. The van der Waals surface area contributed by atoms with Gasteiger partial charge in [0.2, 0.25) is 0 Å². The molecular weight excluding hydrogens is 421 g/mol. The zero-order valence-corrected chi connectivity index (χ0v) is 16.4. The van der Waals surface area contributed by atoms with Gasteiger partial charge in [-0.25, -0.2) is 4.99 Å². The zero-order valence-electron chi connectivity index (χ0n) is 14.0. The number of guanidine groups is 1. The fourth-order valence-electron chi connectivity index (χ4n) is 1.98. The van der Waals surface area contributed by atoms with E-state index < -0.39 is 5.60 Å². The molecule has 0 amide bonds. The average molecular weight is 445 g/mol. The lowest BCUT2D eigenvalue weighted by Gasteiger charge is -2.18. The monoisotopic (exact) mass is 445 g/mol. The van der Waals surface area contributed by atoms with Gasteiger partial charge in [0.1, 0.15) is 17.1 Å². The Bertz CT molecular complexity index is 638. The van der Waals surface area contributed by atoms with E-state index in [1.165, 1.54) is 6.26 Å². The molecule has 7 heteroatoms. The first-order valence-electron chi connectivity index (χ1n) is 7.47. The van der Waals surface area contributed by atoms with Crippen molar-refractivity contribution in [2.75, 3.05) is 11.9 Å². The Morgan fingerprint density at radius 1 is 1.33 bits per heavy atom. The Kier molecular flexibility index (Phi) is 7.56. The minimum atomic E-state index is -1.20. The topological polar surface area (TPSA) is 93.0 Å². The number of nitrogens with zero attached hydrogens (tertiary/aromatic N) is 1. The van der Waals surface area contributed by atoms with Crippen LogP contribution in [0.15, 0.2) is 52.1 Å². The highest BCUT2D eigenvalue weighted by atomic mass is 127. The molecule has 0 aliphatic rings. The van der Waals surface area contributed by atoms with Gasteiger partial charge >= 0.3 is 0 Å². The third-order valence-electron chi connectivity index (χ3n) is 3.11. The van der Waals surface area contributed by atoms with Crippen molar-refractivity contribution in [1.29, 1.82) is 0 Å². The molecule has 1 aromatic heterocycles. The SMILES string of the molecule is CC(C)Oc1ccc(NC(N)=NCC(C)(O)c2ccco2)cc1.I. The van der Waals surface area contributed by atoms with Crippen LogP contribution >= 0.6 is 24.0 Å². The fraction of sp³-hybridized carbons (Fsp3) is 0.353. The molecule has 0 saturated heterocycles. The Morgan fingerprint density at radius 2 is 2.00 bits per heavy atom. The van der Waals surface area contributed by atoms with E-state index in [0.717, 1.165) is 11.4 Å². The van der Waals surface area contributed by atoms with E-state index in [4.69, 9.17) is 14.9 Å². The molecule has 1 unspecified atom stereocenters. The first-order chi connectivity index (χ1) is 10.9. The van der Waals surface area contributed by atoms with Crippen LogP contribution in [0.25, 0.3) is 0 Å². The number of nitrogens with two attached hydrogens (primary N) is 1. The molecule has 6 nitrogen and oxygen atoms in total. The summed E-state index contributed by atoms with van der Waals surface area (Å²) in [5.41, 5.74) is 5.44. The van der Waals surface area contributed by atoms with Crippen molar-refractivity contribution in [1.82, 2.24) is 0 Å². The van der Waals surface area contributed by atoms with E-state index in [1.54, 1.807) is 19.1 Å². The van der Waals surface area contributed by atoms with Gasteiger partial charge in [-0.2, -0.15) is 0 Å². The summed E-state index contributed by atoms with van der Waals surface area (Å²) in [5, 5.41) is 13.3. The quantitative estimate of drug-likeness (QED) is 0.361. The first-order valence-corrected chi connectivity index (χ1v) is 7.47. The van der Waals surface area contributed by atoms with E-state index in [0.29, 0.717) is 5.76 Å². The predicted octanol–water partition coefficient (Wildman–Crippen LogP) is 3.32. The molecule has 1 atom stereocenters. The van der Waals surface area contributed by atoms with Crippen LogP contribution in [0.4, 0.5) is 5.69 Å². The van der Waals surface area contributed by atoms with Gasteiger partial charge in [0.05, 0.1) is 18.9 Å². The Balaban J connectivity index is 0.00000288. The average Bonchev–Trinajstić information content (AvgIpc) is 3.02. The van der Waals surface area contributed by atoms with E-state index in [9.17, 15) is 5.11 Å². The molecule has 2 rings (SSSR count). The lowest BCUT2D eigenvalue weighted by Crippen LogP contribution is -2.29. The highest BCUT2D eigenvalue weighted by molar-refractivity contribution is 14.0. The molecule has 0 aliphatic heterocycles. The van der Waals surface area contributed by atoms with Crippen molar-refractivity contribution in [3.05, 3.63) is 48.4 Å². The predicted molar refractivity (Wildman–Crippen MR) is 106 cm³/mol. The number of nitrogens with one attached hydrogen (secondary N) is 1.